The Balaban J connectivity index is 2.32. The van der Waals surface area contributed by atoms with Gasteiger partial charge in [-0.15, -0.1) is 0 Å². The van der Waals surface area contributed by atoms with Gasteiger partial charge in [0.25, 0.3) is 0 Å². The topological polar surface area (TPSA) is 24.5 Å². The molecule has 102 valence electrons. The first kappa shape index (κ1) is 14.9. The lowest BCUT2D eigenvalue weighted by atomic mass is 10.1. The van der Waals surface area contributed by atoms with Crippen LogP contribution >= 0.6 is 0 Å². The molecule has 0 aliphatic carbocycles. The minimum atomic E-state index is -0.0515. The van der Waals surface area contributed by atoms with Gasteiger partial charge in [-0.1, -0.05) is 0 Å². The van der Waals surface area contributed by atoms with Gasteiger partial charge in [-0.05, 0) is 60.0 Å². The van der Waals surface area contributed by atoms with Crippen LogP contribution in [-0.2, 0) is 4.74 Å². The van der Waals surface area contributed by atoms with E-state index in [0.717, 1.165) is 6.54 Å². The molecule has 0 aromatic rings. The number of rotatable bonds is 5. The molecule has 0 saturated carbocycles. The van der Waals surface area contributed by atoms with Gasteiger partial charge < -0.3 is 15.0 Å². The van der Waals surface area contributed by atoms with Crippen molar-refractivity contribution in [3.63, 3.8) is 0 Å². The molecule has 1 heterocycles. The molecular formula is C14H30N2O. The van der Waals surface area contributed by atoms with Crippen molar-refractivity contribution in [2.45, 2.75) is 64.6 Å². The summed E-state index contributed by atoms with van der Waals surface area (Å²) in [5.41, 5.74) is -0.0515. The minimum Gasteiger partial charge on any atom is -0.377 e. The van der Waals surface area contributed by atoms with E-state index in [0.29, 0.717) is 12.1 Å². The Hall–Kier alpha value is -0.120. The summed E-state index contributed by atoms with van der Waals surface area (Å²) in [7, 11) is 1.79. The molecule has 1 N–H and O–H groups in total. The van der Waals surface area contributed by atoms with Crippen LogP contribution in [0.15, 0.2) is 0 Å². The van der Waals surface area contributed by atoms with E-state index in [-0.39, 0.29) is 5.60 Å². The average Bonchev–Trinajstić information content (AvgIpc) is 2.52. The maximum atomic E-state index is 5.45. The van der Waals surface area contributed by atoms with Crippen molar-refractivity contribution in [1.29, 1.82) is 0 Å². The Morgan fingerprint density at radius 1 is 1.29 bits per heavy atom. The molecule has 0 aromatic heterocycles. The predicted octanol–water partition coefficient (Wildman–Crippen LogP) is 2.26. The van der Waals surface area contributed by atoms with Gasteiger partial charge in [0.1, 0.15) is 0 Å². The number of nitrogens with one attached hydrogen (secondary N) is 1. The lowest BCUT2D eigenvalue weighted by molar-refractivity contribution is 0.0206. The SMILES string of the molecule is COC(C)(C)CNC1CCCN(C(C)C)CC1. The van der Waals surface area contributed by atoms with Crippen molar-refractivity contribution in [3.8, 4) is 0 Å². The molecule has 1 aliphatic heterocycles. The third-order valence-electron chi connectivity index (χ3n) is 3.86. The minimum absolute atomic E-state index is 0.0515. The van der Waals surface area contributed by atoms with Crippen LogP contribution in [0.25, 0.3) is 0 Å². The molecule has 3 heteroatoms. The second kappa shape index (κ2) is 6.72. The summed E-state index contributed by atoms with van der Waals surface area (Å²) in [4.78, 5) is 2.59. The quantitative estimate of drug-likeness (QED) is 0.800. The highest BCUT2D eigenvalue weighted by molar-refractivity contribution is 4.80. The number of likely N-dealkylation sites (tertiary alicyclic amines) is 1. The first-order chi connectivity index (χ1) is 7.94. The highest BCUT2D eigenvalue weighted by Gasteiger charge is 2.21. The van der Waals surface area contributed by atoms with Crippen LogP contribution in [0.2, 0.25) is 0 Å². The Morgan fingerprint density at radius 2 is 2.00 bits per heavy atom. The van der Waals surface area contributed by atoms with Crippen LogP contribution in [-0.4, -0.2) is 49.3 Å². The van der Waals surface area contributed by atoms with Crippen LogP contribution in [0.5, 0.6) is 0 Å². The fourth-order valence-electron chi connectivity index (χ4n) is 2.30. The molecule has 0 amide bonds. The van der Waals surface area contributed by atoms with E-state index < -0.39 is 0 Å². The normalized spacial score (nSPS) is 24.0. The molecule has 0 radical (unpaired) electrons. The Bertz CT molecular complexity index is 216. The van der Waals surface area contributed by atoms with Crippen LogP contribution in [0.1, 0.15) is 47.0 Å². The Kier molecular flexibility index (Phi) is 5.90. The molecule has 1 saturated heterocycles. The van der Waals surface area contributed by atoms with E-state index in [2.05, 4.69) is 37.9 Å². The van der Waals surface area contributed by atoms with E-state index in [1.165, 1.54) is 32.4 Å². The van der Waals surface area contributed by atoms with Crippen molar-refractivity contribution in [3.05, 3.63) is 0 Å². The summed E-state index contributed by atoms with van der Waals surface area (Å²) in [6.45, 7) is 12.3. The van der Waals surface area contributed by atoms with Gasteiger partial charge in [0.2, 0.25) is 0 Å². The van der Waals surface area contributed by atoms with Gasteiger partial charge in [-0.25, -0.2) is 0 Å². The standard InChI is InChI=1S/C14H30N2O/c1-12(2)16-9-6-7-13(8-10-16)15-11-14(3,4)17-5/h12-13,15H,6-11H2,1-5H3. The summed E-state index contributed by atoms with van der Waals surface area (Å²) < 4.78 is 5.45. The van der Waals surface area contributed by atoms with Crippen LogP contribution in [0.3, 0.4) is 0 Å². The molecule has 1 fully saturated rings. The lowest BCUT2D eigenvalue weighted by Crippen LogP contribution is -2.42. The van der Waals surface area contributed by atoms with E-state index in [4.69, 9.17) is 4.74 Å². The van der Waals surface area contributed by atoms with Crippen molar-refractivity contribution in [1.82, 2.24) is 10.2 Å². The number of methoxy groups -OCH3 is 1. The molecule has 0 spiro atoms. The van der Waals surface area contributed by atoms with E-state index in [1.54, 1.807) is 7.11 Å². The van der Waals surface area contributed by atoms with Crippen molar-refractivity contribution < 1.29 is 4.74 Å². The van der Waals surface area contributed by atoms with Gasteiger partial charge in [0.15, 0.2) is 0 Å². The number of nitrogens with zero attached hydrogens (tertiary/aromatic N) is 1. The van der Waals surface area contributed by atoms with Gasteiger partial charge in [-0.3, -0.25) is 0 Å². The first-order valence-electron chi connectivity index (χ1n) is 6.97. The number of hydrogen-bond acceptors (Lipinski definition) is 3. The predicted molar refractivity (Wildman–Crippen MR) is 73.4 cm³/mol. The van der Waals surface area contributed by atoms with Crippen LogP contribution < -0.4 is 5.32 Å². The fraction of sp³-hybridized carbons (Fsp3) is 1.00. The van der Waals surface area contributed by atoms with Crippen molar-refractivity contribution in [2.24, 2.45) is 0 Å². The largest absolute Gasteiger partial charge is 0.377 e. The van der Waals surface area contributed by atoms with E-state index in [1.807, 2.05) is 0 Å². The maximum absolute atomic E-state index is 5.45. The maximum Gasteiger partial charge on any atom is 0.0746 e. The smallest absolute Gasteiger partial charge is 0.0746 e. The molecule has 1 rings (SSSR count). The highest BCUT2D eigenvalue weighted by Crippen LogP contribution is 2.14. The molecule has 1 atom stereocenters. The highest BCUT2D eigenvalue weighted by atomic mass is 16.5. The first-order valence-corrected chi connectivity index (χ1v) is 6.97. The summed E-state index contributed by atoms with van der Waals surface area (Å²) in [6.07, 6.45) is 3.87. The molecule has 0 aromatic carbocycles. The van der Waals surface area contributed by atoms with Crippen molar-refractivity contribution in [2.75, 3.05) is 26.7 Å². The van der Waals surface area contributed by atoms with Gasteiger partial charge >= 0.3 is 0 Å². The van der Waals surface area contributed by atoms with E-state index >= 15 is 0 Å². The number of hydrogen-bond donors (Lipinski definition) is 1. The lowest BCUT2D eigenvalue weighted by Gasteiger charge is -2.27. The Labute approximate surface area is 107 Å². The molecule has 17 heavy (non-hydrogen) atoms. The van der Waals surface area contributed by atoms with Crippen molar-refractivity contribution >= 4 is 0 Å². The zero-order valence-electron chi connectivity index (χ0n) is 12.3. The van der Waals surface area contributed by atoms with Gasteiger partial charge in [0, 0.05) is 25.7 Å². The second-order valence-corrected chi connectivity index (χ2v) is 6.10. The van der Waals surface area contributed by atoms with Crippen LogP contribution in [0, 0.1) is 0 Å². The fourth-order valence-corrected chi connectivity index (χ4v) is 2.30. The summed E-state index contributed by atoms with van der Waals surface area (Å²) in [5.74, 6) is 0. The summed E-state index contributed by atoms with van der Waals surface area (Å²) >= 11 is 0. The summed E-state index contributed by atoms with van der Waals surface area (Å²) in [5, 5.41) is 3.66. The zero-order chi connectivity index (χ0) is 12.9. The summed E-state index contributed by atoms with van der Waals surface area (Å²) in [6, 6.07) is 1.34. The average molecular weight is 242 g/mol. The Morgan fingerprint density at radius 3 is 2.59 bits per heavy atom. The third kappa shape index (κ3) is 5.36. The third-order valence-corrected chi connectivity index (χ3v) is 3.86. The molecule has 1 aliphatic rings. The van der Waals surface area contributed by atoms with Gasteiger partial charge in [-0.2, -0.15) is 0 Å². The zero-order valence-corrected chi connectivity index (χ0v) is 12.3. The monoisotopic (exact) mass is 242 g/mol. The van der Waals surface area contributed by atoms with Gasteiger partial charge in [0.05, 0.1) is 5.60 Å². The number of ether oxygens (including phenoxy) is 1. The second-order valence-electron chi connectivity index (χ2n) is 6.10. The van der Waals surface area contributed by atoms with E-state index in [9.17, 15) is 0 Å². The van der Waals surface area contributed by atoms with Crippen LogP contribution in [0.4, 0.5) is 0 Å². The molecule has 3 nitrogen and oxygen atoms in total. The molecule has 0 bridgehead atoms. The molecule has 1 unspecified atom stereocenters. The molecular weight excluding hydrogens is 212 g/mol.